The molecule has 0 fully saturated rings. The van der Waals surface area contributed by atoms with Crippen molar-refractivity contribution in [3.63, 3.8) is 0 Å². The van der Waals surface area contributed by atoms with Crippen LogP contribution in [-0.4, -0.2) is 47.3 Å². The summed E-state index contributed by atoms with van der Waals surface area (Å²) in [6.45, 7) is 1.32. The fourth-order valence-corrected chi connectivity index (χ4v) is 2.47. The van der Waals surface area contributed by atoms with Gasteiger partial charge in [0.25, 0.3) is 10.0 Å². The van der Waals surface area contributed by atoms with Gasteiger partial charge in [-0.1, -0.05) is 5.16 Å². The van der Waals surface area contributed by atoms with E-state index >= 15 is 0 Å². The Morgan fingerprint density at radius 2 is 2.30 bits per heavy atom. The van der Waals surface area contributed by atoms with Crippen molar-refractivity contribution in [2.45, 2.75) is 11.9 Å². The summed E-state index contributed by atoms with van der Waals surface area (Å²) in [7, 11) is -2.47. The minimum Gasteiger partial charge on any atom is -0.360 e. The molecule has 2 rings (SSSR count). The lowest BCUT2D eigenvalue weighted by Crippen LogP contribution is -2.35. The van der Waals surface area contributed by atoms with Gasteiger partial charge < -0.3 is 14.8 Å². The number of nitrogens with one attached hydrogen (secondary N) is 2. The summed E-state index contributed by atoms with van der Waals surface area (Å²) in [6.07, 6.45) is 2.42. The standard InChI is InChI=1S/C10H13N5O4S/c1-7-3-8(14-19-7)13-9(16)5-15(2)20(17,18)10-4-11-6-12-10/h3-4,6H,5H2,1-2H3,(H,11,12)(H,13,14,16). The number of aromatic amines is 1. The van der Waals surface area contributed by atoms with Crippen molar-refractivity contribution in [2.75, 3.05) is 18.9 Å². The first-order valence-electron chi connectivity index (χ1n) is 5.57. The molecule has 0 saturated heterocycles. The molecule has 10 heteroatoms. The van der Waals surface area contributed by atoms with E-state index in [0.717, 1.165) is 4.31 Å². The second kappa shape index (κ2) is 5.43. The fraction of sp³-hybridized carbons (Fsp3) is 0.300. The van der Waals surface area contributed by atoms with Gasteiger partial charge in [0.05, 0.1) is 19.1 Å². The molecular formula is C10H13N5O4S. The van der Waals surface area contributed by atoms with Crippen LogP contribution in [0.2, 0.25) is 0 Å². The van der Waals surface area contributed by atoms with E-state index in [-0.39, 0.29) is 17.4 Å². The summed E-state index contributed by atoms with van der Waals surface area (Å²) in [4.78, 5) is 17.8. The predicted octanol–water partition coefficient (Wildman–Crippen LogP) is -0.0347. The van der Waals surface area contributed by atoms with Crippen LogP contribution in [0.5, 0.6) is 0 Å². The number of H-pyrrole nitrogens is 1. The Kier molecular flexibility index (Phi) is 3.86. The lowest BCUT2D eigenvalue weighted by atomic mass is 10.5. The molecule has 0 radical (unpaired) electrons. The number of imidazole rings is 1. The molecule has 0 aliphatic heterocycles. The number of hydrogen-bond acceptors (Lipinski definition) is 6. The highest BCUT2D eigenvalue weighted by Gasteiger charge is 2.24. The van der Waals surface area contributed by atoms with E-state index in [4.69, 9.17) is 4.52 Å². The van der Waals surface area contributed by atoms with Crippen molar-refractivity contribution in [2.24, 2.45) is 0 Å². The molecule has 2 aromatic rings. The van der Waals surface area contributed by atoms with Gasteiger partial charge in [0, 0.05) is 13.1 Å². The summed E-state index contributed by atoms with van der Waals surface area (Å²) in [5.41, 5.74) is 0. The molecule has 0 spiro atoms. The predicted molar refractivity (Wildman–Crippen MR) is 68.3 cm³/mol. The topological polar surface area (TPSA) is 121 Å². The van der Waals surface area contributed by atoms with Crippen LogP contribution in [0.1, 0.15) is 5.76 Å². The molecule has 9 nitrogen and oxygen atoms in total. The van der Waals surface area contributed by atoms with Gasteiger partial charge in [-0.3, -0.25) is 4.79 Å². The largest absolute Gasteiger partial charge is 0.360 e. The summed E-state index contributed by atoms with van der Waals surface area (Å²) < 4.78 is 29.7. The summed E-state index contributed by atoms with van der Waals surface area (Å²) >= 11 is 0. The Bertz CT molecular complexity index is 691. The number of likely N-dealkylation sites (N-methyl/N-ethyl adjacent to an activating group) is 1. The van der Waals surface area contributed by atoms with Gasteiger partial charge in [0.15, 0.2) is 10.8 Å². The van der Waals surface area contributed by atoms with Crippen molar-refractivity contribution < 1.29 is 17.7 Å². The zero-order chi connectivity index (χ0) is 14.8. The summed E-state index contributed by atoms with van der Waals surface area (Å²) in [5.74, 6) is 0.252. The third-order valence-electron chi connectivity index (χ3n) is 2.42. The van der Waals surface area contributed by atoms with Crippen LogP contribution < -0.4 is 5.32 Å². The van der Waals surface area contributed by atoms with Crippen LogP contribution in [0.15, 0.2) is 28.1 Å². The molecule has 0 saturated carbocycles. The van der Waals surface area contributed by atoms with E-state index in [0.29, 0.717) is 5.76 Å². The second-order valence-electron chi connectivity index (χ2n) is 4.05. The van der Waals surface area contributed by atoms with E-state index < -0.39 is 15.9 Å². The monoisotopic (exact) mass is 299 g/mol. The molecule has 1 amide bonds. The van der Waals surface area contributed by atoms with E-state index in [1.54, 1.807) is 6.92 Å². The third kappa shape index (κ3) is 3.03. The number of amides is 1. The number of rotatable bonds is 5. The van der Waals surface area contributed by atoms with Gasteiger partial charge in [-0.15, -0.1) is 0 Å². The first-order valence-corrected chi connectivity index (χ1v) is 7.01. The van der Waals surface area contributed by atoms with Crippen LogP contribution >= 0.6 is 0 Å². The summed E-state index contributed by atoms with van der Waals surface area (Å²) in [5, 5.41) is 5.94. The Morgan fingerprint density at radius 3 is 2.85 bits per heavy atom. The normalized spacial score (nSPS) is 11.8. The summed E-state index contributed by atoms with van der Waals surface area (Å²) in [6, 6.07) is 1.53. The van der Waals surface area contributed by atoms with Gasteiger partial charge in [-0.2, -0.15) is 4.31 Å². The molecule has 2 heterocycles. The zero-order valence-corrected chi connectivity index (χ0v) is 11.6. The van der Waals surface area contributed by atoms with E-state index in [1.807, 2.05) is 0 Å². The molecule has 0 atom stereocenters. The van der Waals surface area contributed by atoms with Crippen molar-refractivity contribution >= 4 is 21.7 Å². The van der Waals surface area contributed by atoms with Crippen LogP contribution in [-0.2, 0) is 14.8 Å². The van der Waals surface area contributed by atoms with Crippen molar-refractivity contribution in [1.82, 2.24) is 19.4 Å². The number of hydrogen-bond donors (Lipinski definition) is 2. The Hall–Kier alpha value is -2.20. The average molecular weight is 299 g/mol. The molecule has 0 bridgehead atoms. The molecule has 2 aromatic heterocycles. The maximum absolute atomic E-state index is 12.0. The van der Waals surface area contributed by atoms with Crippen molar-refractivity contribution in [1.29, 1.82) is 0 Å². The maximum atomic E-state index is 12.0. The lowest BCUT2D eigenvalue weighted by Gasteiger charge is -2.14. The first-order chi connectivity index (χ1) is 9.39. The molecule has 0 aliphatic rings. The SMILES string of the molecule is Cc1cc(NC(=O)CN(C)S(=O)(=O)c2cnc[nH]2)no1. The highest BCUT2D eigenvalue weighted by molar-refractivity contribution is 7.89. The average Bonchev–Trinajstić information content (AvgIpc) is 3.00. The lowest BCUT2D eigenvalue weighted by molar-refractivity contribution is -0.116. The van der Waals surface area contributed by atoms with Crippen LogP contribution in [0.4, 0.5) is 5.82 Å². The smallest absolute Gasteiger partial charge is 0.260 e. The number of carbonyl (C=O) groups is 1. The number of aryl methyl sites for hydroxylation is 1. The van der Waals surface area contributed by atoms with Crippen molar-refractivity contribution in [3.8, 4) is 0 Å². The maximum Gasteiger partial charge on any atom is 0.260 e. The Morgan fingerprint density at radius 1 is 1.55 bits per heavy atom. The van der Waals surface area contributed by atoms with Crippen LogP contribution in [0.3, 0.4) is 0 Å². The molecule has 0 aromatic carbocycles. The minimum absolute atomic E-state index is 0.0786. The van der Waals surface area contributed by atoms with Crippen LogP contribution in [0, 0.1) is 6.92 Å². The second-order valence-corrected chi connectivity index (χ2v) is 6.06. The van der Waals surface area contributed by atoms with E-state index in [1.165, 1.54) is 25.6 Å². The molecule has 0 unspecified atom stereocenters. The highest BCUT2D eigenvalue weighted by atomic mass is 32.2. The number of aromatic nitrogens is 3. The molecule has 0 aliphatic carbocycles. The van der Waals surface area contributed by atoms with Crippen LogP contribution in [0.25, 0.3) is 0 Å². The first kappa shape index (κ1) is 14.2. The number of anilines is 1. The number of sulfonamides is 1. The van der Waals surface area contributed by atoms with Gasteiger partial charge in [-0.25, -0.2) is 13.4 Å². The quantitative estimate of drug-likeness (QED) is 0.799. The van der Waals surface area contributed by atoms with Gasteiger partial charge >= 0.3 is 0 Å². The van der Waals surface area contributed by atoms with E-state index in [9.17, 15) is 13.2 Å². The van der Waals surface area contributed by atoms with Gasteiger partial charge in [0.2, 0.25) is 5.91 Å². The Labute approximate surface area is 115 Å². The zero-order valence-electron chi connectivity index (χ0n) is 10.8. The minimum atomic E-state index is -3.77. The molecular weight excluding hydrogens is 286 g/mol. The fourth-order valence-electron chi connectivity index (χ4n) is 1.45. The Balaban J connectivity index is 2.01. The number of nitrogens with zero attached hydrogens (tertiary/aromatic N) is 3. The van der Waals surface area contributed by atoms with Crippen molar-refractivity contribution in [3.05, 3.63) is 24.4 Å². The highest BCUT2D eigenvalue weighted by Crippen LogP contribution is 2.11. The molecule has 108 valence electrons. The van der Waals surface area contributed by atoms with E-state index in [2.05, 4.69) is 20.4 Å². The molecule has 2 N–H and O–H groups in total. The van der Waals surface area contributed by atoms with Gasteiger partial charge in [-0.05, 0) is 6.92 Å². The molecule has 20 heavy (non-hydrogen) atoms. The third-order valence-corrected chi connectivity index (χ3v) is 4.15. The number of carbonyl (C=O) groups excluding carboxylic acids is 1. The van der Waals surface area contributed by atoms with Gasteiger partial charge in [0.1, 0.15) is 5.76 Å².